The summed E-state index contributed by atoms with van der Waals surface area (Å²) in [5, 5.41) is 9.10. The molecule has 2 rings (SSSR count). The largest absolute Gasteiger partial charge is 0.422 e. The summed E-state index contributed by atoms with van der Waals surface area (Å²) in [4.78, 5) is 24.8. The topological polar surface area (TPSA) is 70.8 Å². The second-order valence-corrected chi connectivity index (χ2v) is 4.08. The Morgan fingerprint density at radius 2 is 2.16 bits per heavy atom. The van der Waals surface area contributed by atoms with Gasteiger partial charge < -0.3 is 14.4 Å². The predicted molar refractivity (Wildman–Crippen MR) is 66.5 cm³/mol. The minimum Gasteiger partial charge on any atom is -0.422 e. The van der Waals surface area contributed by atoms with Crippen LogP contribution in [0.1, 0.15) is 10.4 Å². The molecule has 0 aliphatic rings. The van der Waals surface area contributed by atoms with Crippen LogP contribution in [0.2, 0.25) is 0 Å². The second-order valence-electron chi connectivity index (χ2n) is 4.08. The van der Waals surface area contributed by atoms with E-state index in [-0.39, 0.29) is 24.3 Å². The summed E-state index contributed by atoms with van der Waals surface area (Å²) >= 11 is 0. The van der Waals surface area contributed by atoms with E-state index in [1.807, 2.05) is 0 Å². The Hall–Kier alpha value is -2.21. The maximum Gasteiger partial charge on any atom is 0.349 e. The lowest BCUT2D eigenvalue weighted by atomic mass is 10.1. The fourth-order valence-corrected chi connectivity index (χ4v) is 1.70. The summed E-state index contributed by atoms with van der Waals surface area (Å²) in [6, 6.07) is 4.98. The van der Waals surface area contributed by atoms with Gasteiger partial charge in [-0.05, 0) is 24.3 Å². The maximum atomic E-state index is 13.1. The standard InChI is InChI=1S/C13H12FNO4/c1-15(4-5-16)12(17)10-7-8-6-9(14)2-3-11(8)19-13(10)18/h2-3,6-7,16H,4-5H2,1H3. The van der Waals surface area contributed by atoms with Crippen molar-refractivity contribution in [1.82, 2.24) is 4.90 Å². The first kappa shape index (κ1) is 13.2. The van der Waals surface area contributed by atoms with E-state index in [1.54, 1.807) is 0 Å². The molecule has 1 N–H and O–H groups in total. The zero-order valence-corrected chi connectivity index (χ0v) is 10.2. The van der Waals surface area contributed by atoms with Gasteiger partial charge in [0.2, 0.25) is 0 Å². The molecule has 2 aromatic rings. The van der Waals surface area contributed by atoms with Gasteiger partial charge in [0.15, 0.2) is 0 Å². The molecule has 0 spiro atoms. The quantitative estimate of drug-likeness (QED) is 0.840. The summed E-state index contributed by atoms with van der Waals surface area (Å²) in [5.74, 6) is -1.06. The number of carbonyl (C=O) groups excluding carboxylic acids is 1. The normalized spacial score (nSPS) is 10.7. The van der Waals surface area contributed by atoms with Crippen molar-refractivity contribution in [3.8, 4) is 0 Å². The number of aliphatic hydroxyl groups is 1. The predicted octanol–water partition coefficient (Wildman–Crippen LogP) is 0.996. The molecule has 0 fully saturated rings. The van der Waals surface area contributed by atoms with Crippen molar-refractivity contribution < 1.29 is 18.7 Å². The van der Waals surface area contributed by atoms with Crippen molar-refractivity contribution in [2.45, 2.75) is 0 Å². The fourth-order valence-electron chi connectivity index (χ4n) is 1.70. The van der Waals surface area contributed by atoms with E-state index < -0.39 is 17.3 Å². The number of halogens is 1. The van der Waals surface area contributed by atoms with Gasteiger partial charge >= 0.3 is 5.63 Å². The van der Waals surface area contributed by atoms with Crippen LogP contribution in [-0.4, -0.2) is 36.1 Å². The van der Waals surface area contributed by atoms with E-state index in [0.717, 1.165) is 0 Å². The van der Waals surface area contributed by atoms with E-state index in [0.29, 0.717) is 5.39 Å². The molecule has 0 atom stereocenters. The molecule has 0 radical (unpaired) electrons. The van der Waals surface area contributed by atoms with Crippen molar-refractivity contribution in [3.63, 3.8) is 0 Å². The van der Waals surface area contributed by atoms with E-state index in [2.05, 4.69) is 0 Å². The van der Waals surface area contributed by atoms with E-state index in [4.69, 9.17) is 9.52 Å². The summed E-state index contributed by atoms with van der Waals surface area (Å²) < 4.78 is 18.1. The number of rotatable bonds is 3. The number of aliphatic hydroxyl groups excluding tert-OH is 1. The van der Waals surface area contributed by atoms with Crippen LogP contribution < -0.4 is 5.63 Å². The molecule has 0 unspecified atom stereocenters. The van der Waals surface area contributed by atoms with Gasteiger partial charge in [-0.15, -0.1) is 0 Å². The zero-order chi connectivity index (χ0) is 14.0. The lowest BCUT2D eigenvalue weighted by Gasteiger charge is -2.14. The van der Waals surface area contributed by atoms with E-state index in [1.165, 1.54) is 36.2 Å². The first-order valence-corrected chi connectivity index (χ1v) is 5.62. The van der Waals surface area contributed by atoms with Crippen molar-refractivity contribution in [2.75, 3.05) is 20.2 Å². The first-order chi connectivity index (χ1) is 9.02. The van der Waals surface area contributed by atoms with Crippen molar-refractivity contribution in [3.05, 3.63) is 46.1 Å². The Balaban J connectivity index is 2.51. The van der Waals surface area contributed by atoms with Crippen LogP contribution in [0.25, 0.3) is 11.0 Å². The molecule has 0 aliphatic carbocycles. The van der Waals surface area contributed by atoms with Gasteiger partial charge in [0.05, 0.1) is 6.61 Å². The Bertz CT molecular complexity index is 680. The molecule has 6 heteroatoms. The molecule has 5 nitrogen and oxygen atoms in total. The van der Waals surface area contributed by atoms with Gasteiger partial charge in [0.25, 0.3) is 5.91 Å². The fraction of sp³-hybridized carbons (Fsp3) is 0.231. The summed E-state index contributed by atoms with van der Waals surface area (Å²) in [5.41, 5.74) is -0.754. The number of benzene rings is 1. The molecule has 1 amide bonds. The third-order valence-electron chi connectivity index (χ3n) is 2.71. The Labute approximate surface area is 107 Å². The number of hydrogen-bond donors (Lipinski definition) is 1. The molecule has 19 heavy (non-hydrogen) atoms. The van der Waals surface area contributed by atoms with Crippen LogP contribution in [0.4, 0.5) is 4.39 Å². The van der Waals surface area contributed by atoms with Crippen LogP contribution in [0.3, 0.4) is 0 Å². The summed E-state index contributed by atoms with van der Waals surface area (Å²) in [6.45, 7) is -0.116. The van der Waals surface area contributed by atoms with Gasteiger partial charge in [-0.25, -0.2) is 9.18 Å². The monoisotopic (exact) mass is 265 g/mol. The first-order valence-electron chi connectivity index (χ1n) is 5.62. The van der Waals surface area contributed by atoms with Crippen molar-refractivity contribution in [2.24, 2.45) is 0 Å². The van der Waals surface area contributed by atoms with Crippen molar-refractivity contribution >= 4 is 16.9 Å². The molecule has 1 aromatic carbocycles. The van der Waals surface area contributed by atoms with E-state index in [9.17, 15) is 14.0 Å². The molecular weight excluding hydrogens is 253 g/mol. The number of nitrogens with zero attached hydrogens (tertiary/aromatic N) is 1. The highest BCUT2D eigenvalue weighted by molar-refractivity contribution is 5.96. The second kappa shape index (κ2) is 5.19. The van der Waals surface area contributed by atoms with Gasteiger partial charge in [-0.1, -0.05) is 0 Å². The molecule has 0 aliphatic heterocycles. The third kappa shape index (κ3) is 2.63. The Morgan fingerprint density at radius 1 is 1.42 bits per heavy atom. The molecule has 100 valence electrons. The Morgan fingerprint density at radius 3 is 2.84 bits per heavy atom. The highest BCUT2D eigenvalue weighted by atomic mass is 19.1. The van der Waals surface area contributed by atoms with E-state index >= 15 is 0 Å². The molecule has 0 saturated heterocycles. The number of carbonyl (C=O) groups is 1. The molecule has 0 bridgehead atoms. The molecule has 1 aromatic heterocycles. The Kier molecular flexibility index (Phi) is 3.62. The smallest absolute Gasteiger partial charge is 0.349 e. The third-order valence-corrected chi connectivity index (χ3v) is 2.71. The van der Waals surface area contributed by atoms with Gasteiger partial charge in [-0.3, -0.25) is 4.79 Å². The SMILES string of the molecule is CN(CCO)C(=O)c1cc2cc(F)ccc2oc1=O. The van der Waals surface area contributed by atoms with Crippen LogP contribution in [0.15, 0.2) is 33.5 Å². The summed E-state index contributed by atoms with van der Waals surface area (Å²) in [6.07, 6.45) is 0. The van der Waals surface area contributed by atoms with Gasteiger partial charge in [0, 0.05) is 19.0 Å². The van der Waals surface area contributed by atoms with Gasteiger partial charge in [-0.2, -0.15) is 0 Å². The maximum absolute atomic E-state index is 13.1. The average Bonchev–Trinajstić information content (AvgIpc) is 2.38. The minimum atomic E-state index is -0.783. The highest BCUT2D eigenvalue weighted by Crippen LogP contribution is 2.15. The van der Waals surface area contributed by atoms with Gasteiger partial charge in [0.1, 0.15) is 17.0 Å². The molecule has 0 saturated carbocycles. The number of fused-ring (bicyclic) bond motifs is 1. The van der Waals surface area contributed by atoms with Crippen LogP contribution in [0.5, 0.6) is 0 Å². The zero-order valence-electron chi connectivity index (χ0n) is 10.2. The molecule has 1 heterocycles. The molecular formula is C13H12FNO4. The highest BCUT2D eigenvalue weighted by Gasteiger charge is 2.17. The van der Waals surface area contributed by atoms with Crippen LogP contribution >= 0.6 is 0 Å². The number of likely N-dealkylation sites (N-methyl/N-ethyl adjacent to an activating group) is 1. The minimum absolute atomic E-state index is 0.0967. The summed E-state index contributed by atoms with van der Waals surface area (Å²) in [7, 11) is 1.45. The van der Waals surface area contributed by atoms with Crippen LogP contribution in [-0.2, 0) is 0 Å². The number of amides is 1. The average molecular weight is 265 g/mol. The van der Waals surface area contributed by atoms with Crippen LogP contribution in [0, 0.1) is 5.82 Å². The van der Waals surface area contributed by atoms with Crippen molar-refractivity contribution in [1.29, 1.82) is 0 Å². The lowest BCUT2D eigenvalue weighted by molar-refractivity contribution is 0.0763. The lowest BCUT2D eigenvalue weighted by Crippen LogP contribution is -2.32. The number of hydrogen-bond acceptors (Lipinski definition) is 4.